The van der Waals surface area contributed by atoms with E-state index >= 15 is 0 Å². The summed E-state index contributed by atoms with van der Waals surface area (Å²) in [4.78, 5) is 7.10. The van der Waals surface area contributed by atoms with Gasteiger partial charge in [-0.3, -0.25) is 4.90 Å². The molecule has 1 aromatic carbocycles. The van der Waals surface area contributed by atoms with E-state index in [0.717, 1.165) is 38.7 Å². The molecular formula is C18H30N4. The van der Waals surface area contributed by atoms with Crippen LogP contribution in [0.3, 0.4) is 0 Å². The second-order valence-electron chi connectivity index (χ2n) is 5.89. The van der Waals surface area contributed by atoms with E-state index in [-0.39, 0.29) is 0 Å². The van der Waals surface area contributed by atoms with Crippen LogP contribution < -0.4 is 10.6 Å². The SMILES string of the molecule is CCNC(=NCc1ccc(CN(CC)CC)cc1)NC1CC1. The molecule has 1 aliphatic carbocycles. The van der Waals surface area contributed by atoms with Crippen LogP contribution in [0.15, 0.2) is 29.3 Å². The van der Waals surface area contributed by atoms with Crippen molar-refractivity contribution in [3.8, 4) is 0 Å². The van der Waals surface area contributed by atoms with Crippen LogP contribution in [0.5, 0.6) is 0 Å². The number of nitrogens with one attached hydrogen (secondary N) is 2. The van der Waals surface area contributed by atoms with Gasteiger partial charge in [0.2, 0.25) is 0 Å². The lowest BCUT2D eigenvalue weighted by Gasteiger charge is -2.18. The smallest absolute Gasteiger partial charge is 0.191 e. The predicted octanol–water partition coefficient (Wildman–Crippen LogP) is 2.75. The first-order valence-electron chi connectivity index (χ1n) is 8.60. The lowest BCUT2D eigenvalue weighted by molar-refractivity contribution is 0.296. The Labute approximate surface area is 135 Å². The van der Waals surface area contributed by atoms with Crippen LogP contribution in [0.1, 0.15) is 44.7 Å². The number of aliphatic imine (C=N–C) groups is 1. The van der Waals surface area contributed by atoms with E-state index in [4.69, 9.17) is 0 Å². The number of hydrogen-bond acceptors (Lipinski definition) is 2. The monoisotopic (exact) mass is 302 g/mol. The van der Waals surface area contributed by atoms with Crippen LogP contribution in [0.2, 0.25) is 0 Å². The second kappa shape index (κ2) is 8.79. The Morgan fingerprint density at radius 1 is 1.09 bits per heavy atom. The molecule has 2 rings (SSSR count). The molecule has 1 fully saturated rings. The Morgan fingerprint density at radius 3 is 2.27 bits per heavy atom. The van der Waals surface area contributed by atoms with E-state index < -0.39 is 0 Å². The van der Waals surface area contributed by atoms with Crippen molar-refractivity contribution in [1.29, 1.82) is 0 Å². The van der Waals surface area contributed by atoms with Gasteiger partial charge >= 0.3 is 0 Å². The molecule has 0 spiro atoms. The van der Waals surface area contributed by atoms with Gasteiger partial charge in [-0.25, -0.2) is 4.99 Å². The summed E-state index contributed by atoms with van der Waals surface area (Å²) in [7, 11) is 0. The van der Waals surface area contributed by atoms with Crippen LogP contribution in [-0.2, 0) is 13.1 Å². The number of rotatable bonds is 8. The Kier molecular flexibility index (Phi) is 6.72. The minimum atomic E-state index is 0.634. The molecule has 0 bridgehead atoms. The Hall–Kier alpha value is -1.55. The molecule has 22 heavy (non-hydrogen) atoms. The molecule has 0 saturated heterocycles. The Bertz CT molecular complexity index is 458. The molecule has 1 saturated carbocycles. The first kappa shape index (κ1) is 16.8. The molecule has 0 amide bonds. The summed E-state index contributed by atoms with van der Waals surface area (Å²) >= 11 is 0. The van der Waals surface area contributed by atoms with Crippen LogP contribution in [0.25, 0.3) is 0 Å². The van der Waals surface area contributed by atoms with Gasteiger partial charge in [-0.15, -0.1) is 0 Å². The number of nitrogens with zero attached hydrogens (tertiary/aromatic N) is 2. The van der Waals surface area contributed by atoms with Gasteiger partial charge in [-0.05, 0) is 44.0 Å². The van der Waals surface area contributed by atoms with Crippen LogP contribution in [-0.4, -0.2) is 36.5 Å². The summed E-state index contributed by atoms with van der Waals surface area (Å²) in [6.07, 6.45) is 2.54. The van der Waals surface area contributed by atoms with Crippen molar-refractivity contribution in [3.63, 3.8) is 0 Å². The average Bonchev–Trinajstić information content (AvgIpc) is 3.35. The molecule has 2 N–H and O–H groups in total. The van der Waals surface area contributed by atoms with Crippen molar-refractivity contribution in [2.45, 2.75) is 52.7 Å². The summed E-state index contributed by atoms with van der Waals surface area (Å²) < 4.78 is 0. The molecule has 0 aliphatic heterocycles. The van der Waals surface area contributed by atoms with E-state index in [9.17, 15) is 0 Å². The molecule has 122 valence electrons. The van der Waals surface area contributed by atoms with Crippen molar-refractivity contribution >= 4 is 5.96 Å². The lowest BCUT2D eigenvalue weighted by atomic mass is 10.1. The quantitative estimate of drug-likeness (QED) is 0.573. The van der Waals surface area contributed by atoms with Crippen molar-refractivity contribution in [2.75, 3.05) is 19.6 Å². The normalized spacial score (nSPS) is 15.2. The van der Waals surface area contributed by atoms with Crippen LogP contribution in [0, 0.1) is 0 Å². The minimum absolute atomic E-state index is 0.634. The van der Waals surface area contributed by atoms with E-state index in [2.05, 4.69) is 65.6 Å². The summed E-state index contributed by atoms with van der Waals surface area (Å²) in [5.41, 5.74) is 2.63. The van der Waals surface area contributed by atoms with Gasteiger partial charge in [0.1, 0.15) is 0 Å². The fourth-order valence-corrected chi connectivity index (χ4v) is 2.37. The number of benzene rings is 1. The first-order chi connectivity index (χ1) is 10.7. The fraction of sp³-hybridized carbons (Fsp3) is 0.611. The maximum atomic E-state index is 4.67. The summed E-state index contributed by atoms with van der Waals surface area (Å²) in [6.45, 7) is 11.4. The Morgan fingerprint density at radius 2 is 1.73 bits per heavy atom. The van der Waals surface area contributed by atoms with Gasteiger partial charge in [-0.2, -0.15) is 0 Å². The summed E-state index contributed by atoms with van der Waals surface area (Å²) in [6, 6.07) is 9.48. The molecule has 1 aromatic rings. The van der Waals surface area contributed by atoms with Gasteiger partial charge in [-0.1, -0.05) is 38.1 Å². The third kappa shape index (κ3) is 5.68. The van der Waals surface area contributed by atoms with Gasteiger partial charge < -0.3 is 10.6 Å². The van der Waals surface area contributed by atoms with E-state index in [1.807, 2.05) is 0 Å². The topological polar surface area (TPSA) is 39.7 Å². The van der Waals surface area contributed by atoms with E-state index in [1.165, 1.54) is 24.0 Å². The average molecular weight is 302 g/mol. The van der Waals surface area contributed by atoms with Gasteiger partial charge in [0.15, 0.2) is 5.96 Å². The maximum absolute atomic E-state index is 4.67. The van der Waals surface area contributed by atoms with Crippen molar-refractivity contribution in [2.24, 2.45) is 4.99 Å². The molecule has 4 nitrogen and oxygen atoms in total. The summed E-state index contributed by atoms with van der Waals surface area (Å²) in [5, 5.41) is 6.76. The highest BCUT2D eigenvalue weighted by Gasteiger charge is 2.21. The van der Waals surface area contributed by atoms with E-state index in [1.54, 1.807) is 0 Å². The van der Waals surface area contributed by atoms with Crippen molar-refractivity contribution in [1.82, 2.24) is 15.5 Å². The fourth-order valence-electron chi connectivity index (χ4n) is 2.37. The molecule has 1 aliphatic rings. The minimum Gasteiger partial charge on any atom is -0.357 e. The standard InChI is InChI=1S/C18H30N4/c1-4-19-18(21-17-11-12-17)20-13-15-7-9-16(10-8-15)14-22(5-2)6-3/h7-10,17H,4-6,11-14H2,1-3H3,(H2,19,20,21). The van der Waals surface area contributed by atoms with E-state index in [0.29, 0.717) is 6.04 Å². The van der Waals surface area contributed by atoms with Crippen LogP contribution >= 0.6 is 0 Å². The van der Waals surface area contributed by atoms with Gasteiger partial charge in [0, 0.05) is 19.1 Å². The zero-order chi connectivity index (χ0) is 15.8. The van der Waals surface area contributed by atoms with Crippen molar-refractivity contribution in [3.05, 3.63) is 35.4 Å². The van der Waals surface area contributed by atoms with Crippen LogP contribution in [0.4, 0.5) is 0 Å². The number of hydrogen-bond donors (Lipinski definition) is 2. The maximum Gasteiger partial charge on any atom is 0.191 e. The molecule has 0 heterocycles. The zero-order valence-corrected chi connectivity index (χ0v) is 14.2. The molecule has 0 aromatic heterocycles. The predicted molar refractivity (Wildman–Crippen MR) is 94.0 cm³/mol. The van der Waals surface area contributed by atoms with Crippen molar-refractivity contribution < 1.29 is 0 Å². The first-order valence-corrected chi connectivity index (χ1v) is 8.60. The molecule has 0 radical (unpaired) electrons. The third-order valence-electron chi connectivity index (χ3n) is 4.01. The zero-order valence-electron chi connectivity index (χ0n) is 14.2. The molecular weight excluding hydrogens is 272 g/mol. The van der Waals surface area contributed by atoms with Gasteiger partial charge in [0.05, 0.1) is 6.54 Å². The number of guanidine groups is 1. The Balaban J connectivity index is 1.88. The molecule has 0 atom stereocenters. The lowest BCUT2D eigenvalue weighted by Crippen LogP contribution is -2.38. The summed E-state index contributed by atoms with van der Waals surface area (Å²) in [5.74, 6) is 0.942. The highest BCUT2D eigenvalue weighted by atomic mass is 15.2. The highest BCUT2D eigenvalue weighted by Crippen LogP contribution is 2.18. The second-order valence-corrected chi connectivity index (χ2v) is 5.89. The largest absolute Gasteiger partial charge is 0.357 e. The van der Waals surface area contributed by atoms with Gasteiger partial charge in [0.25, 0.3) is 0 Å². The highest BCUT2D eigenvalue weighted by molar-refractivity contribution is 5.80. The molecule has 4 heteroatoms. The molecule has 0 unspecified atom stereocenters. The third-order valence-corrected chi connectivity index (χ3v) is 4.01.